The van der Waals surface area contributed by atoms with E-state index in [2.05, 4.69) is 11.4 Å². The maximum Gasteiger partial charge on any atom is 0.240 e. The minimum absolute atomic E-state index is 0.0712. The quantitative estimate of drug-likeness (QED) is 0.685. The van der Waals surface area contributed by atoms with E-state index in [0.29, 0.717) is 6.54 Å². The molecule has 0 aromatic rings. The molecule has 1 saturated carbocycles. The van der Waals surface area contributed by atoms with Crippen LogP contribution in [-0.4, -0.2) is 12.5 Å². The van der Waals surface area contributed by atoms with Gasteiger partial charge in [0.1, 0.15) is 5.41 Å². The van der Waals surface area contributed by atoms with Crippen molar-refractivity contribution in [2.24, 2.45) is 5.41 Å². The summed E-state index contributed by atoms with van der Waals surface area (Å²) in [5.74, 6) is -0.0712. The van der Waals surface area contributed by atoms with Crippen molar-refractivity contribution in [3.05, 3.63) is 0 Å². The molecule has 0 heterocycles. The van der Waals surface area contributed by atoms with E-state index in [1.807, 2.05) is 6.92 Å². The fraction of sp³-hybridized carbons (Fsp3) is 0.778. The van der Waals surface area contributed by atoms with Gasteiger partial charge in [0.25, 0.3) is 0 Å². The number of hydrogen-bond acceptors (Lipinski definition) is 2. The summed E-state index contributed by atoms with van der Waals surface area (Å²) in [5, 5.41) is 11.6. The van der Waals surface area contributed by atoms with Crippen LogP contribution < -0.4 is 5.32 Å². The first-order valence-electron chi connectivity index (χ1n) is 4.45. The Morgan fingerprint density at radius 3 is 2.67 bits per heavy atom. The van der Waals surface area contributed by atoms with E-state index in [1.165, 1.54) is 0 Å². The zero-order valence-corrected chi connectivity index (χ0v) is 7.39. The number of amides is 1. The Labute approximate surface area is 72.8 Å². The number of hydrogen-bond donors (Lipinski definition) is 1. The molecule has 0 unspecified atom stereocenters. The molecule has 0 atom stereocenters. The van der Waals surface area contributed by atoms with E-state index in [1.54, 1.807) is 0 Å². The molecule has 0 aliphatic heterocycles. The largest absolute Gasteiger partial charge is 0.355 e. The lowest BCUT2D eigenvalue weighted by Gasteiger charge is -2.33. The molecule has 0 aromatic heterocycles. The van der Waals surface area contributed by atoms with Crippen LogP contribution in [0.25, 0.3) is 0 Å². The lowest BCUT2D eigenvalue weighted by atomic mass is 9.69. The average molecular weight is 166 g/mol. The SMILES string of the molecule is CCCNC(=O)C1(C#N)CCC1. The normalized spacial score (nSPS) is 19.0. The second-order valence-corrected chi connectivity index (χ2v) is 3.30. The Hall–Kier alpha value is -1.04. The van der Waals surface area contributed by atoms with Crippen molar-refractivity contribution in [3.63, 3.8) is 0 Å². The van der Waals surface area contributed by atoms with Crippen molar-refractivity contribution in [1.29, 1.82) is 5.26 Å². The lowest BCUT2D eigenvalue weighted by molar-refractivity contribution is -0.131. The number of rotatable bonds is 3. The molecule has 0 saturated heterocycles. The van der Waals surface area contributed by atoms with Gasteiger partial charge >= 0.3 is 0 Å². The monoisotopic (exact) mass is 166 g/mol. The number of carbonyl (C=O) groups is 1. The van der Waals surface area contributed by atoms with Crippen molar-refractivity contribution in [2.45, 2.75) is 32.6 Å². The van der Waals surface area contributed by atoms with Crippen molar-refractivity contribution in [2.75, 3.05) is 6.54 Å². The van der Waals surface area contributed by atoms with Crippen LogP contribution in [0, 0.1) is 16.7 Å². The van der Waals surface area contributed by atoms with Crippen molar-refractivity contribution in [3.8, 4) is 6.07 Å². The number of nitrogens with zero attached hydrogens (tertiary/aromatic N) is 1. The van der Waals surface area contributed by atoms with Crippen LogP contribution in [0.4, 0.5) is 0 Å². The van der Waals surface area contributed by atoms with Crippen molar-refractivity contribution >= 4 is 5.91 Å². The molecule has 1 aliphatic carbocycles. The van der Waals surface area contributed by atoms with Crippen LogP contribution in [0.3, 0.4) is 0 Å². The molecule has 0 radical (unpaired) electrons. The molecule has 1 aliphatic rings. The molecular formula is C9H14N2O. The average Bonchev–Trinajstić information content (AvgIpc) is 2.00. The zero-order valence-electron chi connectivity index (χ0n) is 7.39. The summed E-state index contributed by atoms with van der Waals surface area (Å²) in [4.78, 5) is 11.4. The van der Waals surface area contributed by atoms with Crippen LogP contribution in [-0.2, 0) is 4.79 Å². The Morgan fingerprint density at radius 1 is 1.67 bits per heavy atom. The second kappa shape index (κ2) is 3.57. The Kier molecular flexibility index (Phi) is 2.69. The Balaban J connectivity index is 2.45. The van der Waals surface area contributed by atoms with Gasteiger partial charge in [-0.05, 0) is 25.7 Å². The molecule has 1 amide bonds. The van der Waals surface area contributed by atoms with E-state index in [4.69, 9.17) is 5.26 Å². The molecule has 1 rings (SSSR count). The second-order valence-electron chi connectivity index (χ2n) is 3.30. The third kappa shape index (κ3) is 1.42. The van der Waals surface area contributed by atoms with E-state index in [-0.39, 0.29) is 5.91 Å². The topological polar surface area (TPSA) is 52.9 Å². The predicted molar refractivity (Wildman–Crippen MR) is 45.2 cm³/mol. The molecule has 0 spiro atoms. The maximum absolute atomic E-state index is 11.4. The highest BCUT2D eigenvalue weighted by atomic mass is 16.2. The van der Waals surface area contributed by atoms with Crippen LogP contribution in [0.1, 0.15) is 32.6 Å². The standard InChI is InChI=1S/C9H14N2O/c1-2-6-11-8(12)9(7-10)4-3-5-9/h2-6H2,1H3,(H,11,12). The van der Waals surface area contributed by atoms with Gasteiger partial charge in [-0.1, -0.05) is 6.92 Å². The number of carbonyl (C=O) groups excluding carboxylic acids is 1. The molecule has 0 bridgehead atoms. The highest BCUT2D eigenvalue weighted by Crippen LogP contribution is 2.40. The molecule has 1 fully saturated rings. The minimum Gasteiger partial charge on any atom is -0.355 e. The summed E-state index contributed by atoms with van der Waals surface area (Å²) in [7, 11) is 0. The van der Waals surface area contributed by atoms with Gasteiger partial charge < -0.3 is 5.32 Å². The van der Waals surface area contributed by atoms with E-state index < -0.39 is 5.41 Å². The molecule has 1 N–H and O–H groups in total. The van der Waals surface area contributed by atoms with E-state index >= 15 is 0 Å². The summed E-state index contributed by atoms with van der Waals surface area (Å²) >= 11 is 0. The molecular weight excluding hydrogens is 152 g/mol. The summed E-state index contributed by atoms with van der Waals surface area (Å²) in [5.41, 5.74) is -0.671. The van der Waals surface area contributed by atoms with Gasteiger partial charge in [-0.3, -0.25) is 4.79 Å². The Morgan fingerprint density at radius 2 is 2.33 bits per heavy atom. The number of nitrogens with one attached hydrogen (secondary N) is 1. The van der Waals surface area contributed by atoms with Gasteiger partial charge in [0.2, 0.25) is 5.91 Å². The van der Waals surface area contributed by atoms with Gasteiger partial charge in [-0.15, -0.1) is 0 Å². The third-order valence-electron chi connectivity index (χ3n) is 2.39. The first-order valence-corrected chi connectivity index (χ1v) is 4.45. The molecule has 12 heavy (non-hydrogen) atoms. The fourth-order valence-electron chi connectivity index (χ4n) is 1.33. The first kappa shape index (κ1) is 9.05. The summed E-state index contributed by atoms with van der Waals surface area (Å²) < 4.78 is 0. The van der Waals surface area contributed by atoms with Gasteiger partial charge in [0.05, 0.1) is 6.07 Å². The smallest absolute Gasteiger partial charge is 0.240 e. The van der Waals surface area contributed by atoms with Crippen LogP contribution in [0.15, 0.2) is 0 Å². The van der Waals surface area contributed by atoms with Crippen LogP contribution in [0.5, 0.6) is 0 Å². The molecule has 66 valence electrons. The Bertz CT molecular complexity index is 213. The maximum atomic E-state index is 11.4. The lowest BCUT2D eigenvalue weighted by Crippen LogP contribution is -2.44. The van der Waals surface area contributed by atoms with Gasteiger partial charge in [-0.2, -0.15) is 5.26 Å². The zero-order chi connectivity index (χ0) is 9.03. The van der Waals surface area contributed by atoms with E-state index in [9.17, 15) is 4.79 Å². The minimum atomic E-state index is -0.671. The number of nitriles is 1. The first-order chi connectivity index (χ1) is 5.75. The molecule has 3 nitrogen and oxygen atoms in total. The highest BCUT2D eigenvalue weighted by molar-refractivity contribution is 5.86. The van der Waals surface area contributed by atoms with Gasteiger partial charge in [0.15, 0.2) is 0 Å². The molecule has 0 aromatic carbocycles. The highest BCUT2D eigenvalue weighted by Gasteiger charge is 2.44. The molecule has 3 heteroatoms. The van der Waals surface area contributed by atoms with Gasteiger partial charge in [-0.25, -0.2) is 0 Å². The van der Waals surface area contributed by atoms with E-state index in [0.717, 1.165) is 25.7 Å². The summed E-state index contributed by atoms with van der Waals surface area (Å²) in [6, 6.07) is 2.11. The van der Waals surface area contributed by atoms with Crippen molar-refractivity contribution in [1.82, 2.24) is 5.32 Å². The van der Waals surface area contributed by atoms with Crippen LogP contribution >= 0.6 is 0 Å². The third-order valence-corrected chi connectivity index (χ3v) is 2.39. The van der Waals surface area contributed by atoms with Crippen LogP contribution in [0.2, 0.25) is 0 Å². The summed E-state index contributed by atoms with van der Waals surface area (Å²) in [6.07, 6.45) is 3.40. The fourth-order valence-corrected chi connectivity index (χ4v) is 1.33. The van der Waals surface area contributed by atoms with Gasteiger partial charge in [0, 0.05) is 6.54 Å². The van der Waals surface area contributed by atoms with Crippen molar-refractivity contribution < 1.29 is 4.79 Å². The summed E-state index contributed by atoms with van der Waals surface area (Å²) in [6.45, 7) is 2.68. The predicted octanol–water partition coefficient (Wildman–Crippen LogP) is 1.21.